The fourth-order valence-electron chi connectivity index (χ4n) is 2.88. The summed E-state index contributed by atoms with van der Waals surface area (Å²) < 4.78 is 32.7. The molecule has 1 aliphatic heterocycles. The minimum absolute atomic E-state index is 0.0141. The number of benzene rings is 2. The van der Waals surface area contributed by atoms with E-state index < -0.39 is 10.0 Å². The molecule has 2 aromatic carbocycles. The van der Waals surface area contributed by atoms with E-state index in [1.54, 1.807) is 12.1 Å². The maximum absolute atomic E-state index is 12.3. The molecule has 1 atom stereocenters. The van der Waals surface area contributed by atoms with Crippen LogP contribution in [0, 0.1) is 0 Å². The standard InChI is InChI=1S/C19H23ClN2O3S/c20-17-4-1-3-16(11-17)13-21-12-15-6-8-19(9-7-15)26(23,24)22-14-18-5-2-10-25-18/h1,3-4,6-9,11,18,21-22H,2,5,10,12-14H2. The third-order valence-electron chi connectivity index (χ3n) is 4.31. The van der Waals surface area contributed by atoms with E-state index in [0.29, 0.717) is 26.2 Å². The van der Waals surface area contributed by atoms with Gasteiger partial charge < -0.3 is 10.1 Å². The molecule has 0 aliphatic carbocycles. The fourth-order valence-corrected chi connectivity index (χ4v) is 4.16. The average molecular weight is 395 g/mol. The number of nitrogens with one attached hydrogen (secondary N) is 2. The molecule has 1 fully saturated rings. The number of rotatable bonds is 8. The van der Waals surface area contributed by atoms with Gasteiger partial charge in [-0.1, -0.05) is 35.9 Å². The molecule has 0 amide bonds. The summed E-state index contributed by atoms with van der Waals surface area (Å²) in [5.41, 5.74) is 2.13. The van der Waals surface area contributed by atoms with Gasteiger partial charge >= 0.3 is 0 Å². The third kappa shape index (κ3) is 5.53. The van der Waals surface area contributed by atoms with Crippen molar-refractivity contribution in [3.63, 3.8) is 0 Å². The van der Waals surface area contributed by atoms with Gasteiger partial charge in [0.1, 0.15) is 0 Å². The van der Waals surface area contributed by atoms with Crippen LogP contribution in [0.2, 0.25) is 5.02 Å². The second kappa shape index (κ2) is 8.97. The Morgan fingerprint density at radius 1 is 1.08 bits per heavy atom. The SMILES string of the molecule is O=S(=O)(NCC1CCCO1)c1ccc(CNCc2cccc(Cl)c2)cc1. The van der Waals surface area contributed by atoms with Crippen LogP contribution in [0.1, 0.15) is 24.0 Å². The van der Waals surface area contributed by atoms with Crippen molar-refractivity contribution in [2.45, 2.75) is 36.9 Å². The van der Waals surface area contributed by atoms with Crippen LogP contribution >= 0.6 is 11.6 Å². The number of ether oxygens (including phenoxy) is 1. The zero-order chi connectivity index (χ0) is 18.4. The lowest BCUT2D eigenvalue weighted by molar-refractivity contribution is 0.114. The van der Waals surface area contributed by atoms with Gasteiger partial charge in [0.2, 0.25) is 10.0 Å². The molecule has 0 spiro atoms. The van der Waals surface area contributed by atoms with E-state index in [2.05, 4.69) is 10.0 Å². The predicted molar refractivity (Wildman–Crippen MR) is 103 cm³/mol. The summed E-state index contributed by atoms with van der Waals surface area (Å²) >= 11 is 5.97. The molecule has 1 aliphatic rings. The summed E-state index contributed by atoms with van der Waals surface area (Å²) in [7, 11) is -3.50. The Morgan fingerprint density at radius 3 is 2.54 bits per heavy atom. The lowest BCUT2D eigenvalue weighted by Gasteiger charge is -2.12. The summed E-state index contributed by atoms with van der Waals surface area (Å²) in [5.74, 6) is 0. The quantitative estimate of drug-likeness (QED) is 0.722. The van der Waals surface area contributed by atoms with Crippen LogP contribution in [-0.2, 0) is 27.8 Å². The van der Waals surface area contributed by atoms with E-state index >= 15 is 0 Å². The van der Waals surface area contributed by atoms with Gasteiger partial charge in [0, 0.05) is 31.3 Å². The second-order valence-corrected chi connectivity index (χ2v) is 8.57. The summed E-state index contributed by atoms with van der Waals surface area (Å²) in [5, 5.41) is 4.04. The first-order valence-corrected chi connectivity index (χ1v) is 10.5. The maximum Gasteiger partial charge on any atom is 0.240 e. The Morgan fingerprint density at radius 2 is 1.85 bits per heavy atom. The van der Waals surface area contributed by atoms with E-state index in [0.717, 1.165) is 29.0 Å². The highest BCUT2D eigenvalue weighted by atomic mass is 35.5. The molecular weight excluding hydrogens is 372 g/mol. The van der Waals surface area contributed by atoms with Gasteiger partial charge in [-0.25, -0.2) is 13.1 Å². The highest BCUT2D eigenvalue weighted by Crippen LogP contribution is 2.14. The first-order chi connectivity index (χ1) is 12.5. The van der Waals surface area contributed by atoms with Crippen molar-refractivity contribution >= 4 is 21.6 Å². The van der Waals surface area contributed by atoms with Crippen molar-refractivity contribution in [3.05, 3.63) is 64.7 Å². The lowest BCUT2D eigenvalue weighted by atomic mass is 10.2. The highest BCUT2D eigenvalue weighted by Gasteiger charge is 2.20. The van der Waals surface area contributed by atoms with Crippen LogP contribution in [-0.4, -0.2) is 27.7 Å². The molecule has 0 saturated carbocycles. The smallest absolute Gasteiger partial charge is 0.240 e. The molecule has 0 aromatic heterocycles. The van der Waals surface area contributed by atoms with Crippen molar-refractivity contribution in [1.82, 2.24) is 10.0 Å². The van der Waals surface area contributed by atoms with Crippen molar-refractivity contribution in [2.75, 3.05) is 13.2 Å². The fraction of sp³-hybridized carbons (Fsp3) is 0.368. The Kier molecular flexibility index (Phi) is 6.67. The molecule has 2 aromatic rings. The minimum Gasteiger partial charge on any atom is -0.377 e. The van der Waals surface area contributed by atoms with Crippen LogP contribution in [0.4, 0.5) is 0 Å². The topological polar surface area (TPSA) is 67.4 Å². The molecule has 1 unspecified atom stereocenters. The van der Waals surface area contributed by atoms with Crippen LogP contribution < -0.4 is 10.0 Å². The van der Waals surface area contributed by atoms with Crippen LogP contribution in [0.3, 0.4) is 0 Å². The van der Waals surface area contributed by atoms with Crippen LogP contribution in [0.15, 0.2) is 53.4 Å². The van der Waals surface area contributed by atoms with Gasteiger partial charge in [-0.2, -0.15) is 0 Å². The molecule has 3 rings (SSSR count). The van der Waals surface area contributed by atoms with Crippen molar-refractivity contribution in [2.24, 2.45) is 0 Å². The summed E-state index contributed by atoms with van der Waals surface area (Å²) in [6.07, 6.45) is 1.88. The summed E-state index contributed by atoms with van der Waals surface area (Å²) in [6.45, 7) is 2.38. The Bertz CT molecular complexity index is 819. The lowest BCUT2D eigenvalue weighted by Crippen LogP contribution is -2.31. The summed E-state index contributed by atoms with van der Waals surface area (Å²) in [4.78, 5) is 0.272. The van der Waals surface area contributed by atoms with Gasteiger partial charge in [0.15, 0.2) is 0 Å². The van der Waals surface area contributed by atoms with Gasteiger partial charge in [-0.3, -0.25) is 0 Å². The zero-order valence-electron chi connectivity index (χ0n) is 14.4. The van der Waals surface area contributed by atoms with Crippen LogP contribution in [0.25, 0.3) is 0 Å². The van der Waals surface area contributed by atoms with Gasteiger partial charge in [0.05, 0.1) is 11.0 Å². The van der Waals surface area contributed by atoms with E-state index in [1.807, 2.05) is 36.4 Å². The molecule has 1 heterocycles. The Labute approximate surface area is 159 Å². The molecule has 140 valence electrons. The average Bonchev–Trinajstić information content (AvgIpc) is 3.14. The van der Waals surface area contributed by atoms with Gasteiger partial charge in [-0.15, -0.1) is 0 Å². The largest absolute Gasteiger partial charge is 0.377 e. The van der Waals surface area contributed by atoms with Crippen molar-refractivity contribution in [1.29, 1.82) is 0 Å². The first kappa shape index (κ1) is 19.3. The molecule has 7 heteroatoms. The predicted octanol–water partition coefficient (Wildman–Crippen LogP) is 3.09. The monoisotopic (exact) mass is 394 g/mol. The van der Waals surface area contributed by atoms with Crippen molar-refractivity contribution in [3.8, 4) is 0 Å². The second-order valence-electron chi connectivity index (χ2n) is 6.36. The Hall–Kier alpha value is -1.44. The van der Waals surface area contributed by atoms with Crippen molar-refractivity contribution < 1.29 is 13.2 Å². The molecule has 0 bridgehead atoms. The number of hydrogen-bond donors (Lipinski definition) is 2. The van der Waals surface area contributed by atoms with E-state index in [-0.39, 0.29) is 11.0 Å². The third-order valence-corrected chi connectivity index (χ3v) is 5.98. The zero-order valence-corrected chi connectivity index (χ0v) is 16.0. The van der Waals surface area contributed by atoms with Crippen LogP contribution in [0.5, 0.6) is 0 Å². The molecular formula is C19H23ClN2O3S. The normalized spacial score (nSPS) is 17.5. The van der Waals surface area contributed by atoms with E-state index in [4.69, 9.17) is 16.3 Å². The number of hydrogen-bond acceptors (Lipinski definition) is 4. The van der Waals surface area contributed by atoms with E-state index in [9.17, 15) is 8.42 Å². The Balaban J connectivity index is 1.50. The number of sulfonamides is 1. The van der Waals surface area contributed by atoms with Gasteiger partial charge in [0.25, 0.3) is 0 Å². The molecule has 2 N–H and O–H groups in total. The van der Waals surface area contributed by atoms with E-state index in [1.165, 1.54) is 0 Å². The summed E-state index contributed by atoms with van der Waals surface area (Å²) in [6, 6.07) is 14.6. The number of halogens is 1. The highest BCUT2D eigenvalue weighted by molar-refractivity contribution is 7.89. The molecule has 5 nitrogen and oxygen atoms in total. The molecule has 0 radical (unpaired) electrons. The molecule has 1 saturated heterocycles. The van der Waals surface area contributed by atoms with Gasteiger partial charge in [-0.05, 0) is 48.2 Å². The minimum atomic E-state index is -3.50. The first-order valence-electron chi connectivity index (χ1n) is 8.68. The maximum atomic E-state index is 12.3. The molecule has 26 heavy (non-hydrogen) atoms.